The fourth-order valence-corrected chi connectivity index (χ4v) is 4.14. The van der Waals surface area contributed by atoms with Gasteiger partial charge in [-0.15, -0.1) is 0 Å². The van der Waals surface area contributed by atoms with Crippen molar-refractivity contribution in [3.05, 3.63) is 98.6 Å². The van der Waals surface area contributed by atoms with Gasteiger partial charge >= 0.3 is 0 Å². The van der Waals surface area contributed by atoms with E-state index in [9.17, 15) is 9.59 Å². The highest BCUT2D eigenvalue weighted by Gasteiger charge is 2.30. The fraction of sp³-hybridized carbons (Fsp3) is 0.286. The Kier molecular flexibility index (Phi) is 10.4. The molecule has 0 aliphatic rings. The van der Waals surface area contributed by atoms with Gasteiger partial charge in [0.1, 0.15) is 11.8 Å². The Morgan fingerprint density at radius 1 is 0.971 bits per heavy atom. The normalized spacial score (nSPS) is 11.7. The minimum absolute atomic E-state index is 0.177. The predicted octanol–water partition coefficient (Wildman–Crippen LogP) is 5.74. The van der Waals surface area contributed by atoms with Crippen LogP contribution in [0.4, 0.5) is 0 Å². The van der Waals surface area contributed by atoms with Crippen LogP contribution in [0.2, 0.25) is 5.02 Å². The third-order valence-electron chi connectivity index (χ3n) is 5.37. The van der Waals surface area contributed by atoms with Crippen LogP contribution in [0.1, 0.15) is 25.0 Å². The van der Waals surface area contributed by atoms with Crippen LogP contribution in [0, 0.1) is 9.49 Å². The van der Waals surface area contributed by atoms with Crippen LogP contribution in [-0.2, 0) is 22.6 Å². The van der Waals surface area contributed by atoms with Crippen molar-refractivity contribution in [3.63, 3.8) is 0 Å². The molecule has 3 rings (SSSR count). The average molecular weight is 605 g/mol. The third-order valence-corrected chi connectivity index (χ3v) is 6.33. The zero-order valence-electron chi connectivity index (χ0n) is 19.9. The first kappa shape index (κ1) is 27.0. The Morgan fingerprint density at radius 3 is 2.31 bits per heavy atom. The predicted molar refractivity (Wildman–Crippen MR) is 148 cm³/mol. The van der Waals surface area contributed by atoms with Crippen LogP contribution >= 0.6 is 34.2 Å². The van der Waals surface area contributed by atoms with E-state index in [-0.39, 0.29) is 30.9 Å². The molecule has 0 bridgehead atoms. The summed E-state index contributed by atoms with van der Waals surface area (Å²) in [6.45, 7) is 4.67. The molecule has 3 aromatic carbocycles. The number of carbonyl (C=O) groups excluding carboxylic acids is 2. The lowest BCUT2D eigenvalue weighted by Gasteiger charge is -2.31. The van der Waals surface area contributed by atoms with Crippen LogP contribution in [0.15, 0.2) is 78.9 Å². The maximum atomic E-state index is 13.5. The lowest BCUT2D eigenvalue weighted by Crippen LogP contribution is -2.52. The van der Waals surface area contributed by atoms with Crippen molar-refractivity contribution < 1.29 is 14.3 Å². The minimum atomic E-state index is -0.706. The van der Waals surface area contributed by atoms with Gasteiger partial charge in [0.15, 0.2) is 6.61 Å². The highest BCUT2D eigenvalue weighted by molar-refractivity contribution is 14.1. The highest BCUT2D eigenvalue weighted by atomic mass is 127. The van der Waals surface area contributed by atoms with Crippen LogP contribution in [0.25, 0.3) is 0 Å². The van der Waals surface area contributed by atoms with Crippen molar-refractivity contribution in [2.45, 2.75) is 32.9 Å². The van der Waals surface area contributed by atoms with Crippen molar-refractivity contribution in [2.24, 2.45) is 5.92 Å². The molecule has 0 aromatic heterocycles. The van der Waals surface area contributed by atoms with E-state index < -0.39 is 6.04 Å². The quantitative estimate of drug-likeness (QED) is 0.284. The Morgan fingerprint density at radius 2 is 1.66 bits per heavy atom. The Labute approximate surface area is 226 Å². The van der Waals surface area contributed by atoms with E-state index in [0.29, 0.717) is 23.7 Å². The van der Waals surface area contributed by atoms with Crippen molar-refractivity contribution in [1.82, 2.24) is 10.2 Å². The largest absolute Gasteiger partial charge is 0.484 e. The van der Waals surface area contributed by atoms with Gasteiger partial charge in [-0.3, -0.25) is 9.59 Å². The molecule has 0 saturated heterocycles. The Balaban J connectivity index is 1.89. The second-order valence-corrected chi connectivity index (χ2v) is 10.4. The first-order valence-corrected chi connectivity index (χ1v) is 13.0. The molecule has 35 heavy (non-hydrogen) atoms. The molecule has 184 valence electrons. The fourth-order valence-electron chi connectivity index (χ4n) is 3.57. The van der Waals surface area contributed by atoms with Crippen LogP contribution < -0.4 is 10.1 Å². The molecular formula is C28H30ClIN2O3. The van der Waals surface area contributed by atoms with Gasteiger partial charge in [0.25, 0.3) is 5.91 Å². The number of hydrogen-bond acceptors (Lipinski definition) is 3. The van der Waals surface area contributed by atoms with Crippen molar-refractivity contribution >= 4 is 46.0 Å². The lowest BCUT2D eigenvalue weighted by atomic mass is 10.0. The van der Waals surface area contributed by atoms with E-state index in [1.807, 2.05) is 86.6 Å². The average Bonchev–Trinajstić information content (AvgIpc) is 2.85. The number of carbonyl (C=O) groups is 2. The van der Waals surface area contributed by atoms with Gasteiger partial charge in [-0.2, -0.15) is 0 Å². The number of hydrogen-bond donors (Lipinski definition) is 1. The van der Waals surface area contributed by atoms with Gasteiger partial charge in [0.2, 0.25) is 5.91 Å². The van der Waals surface area contributed by atoms with E-state index in [2.05, 4.69) is 27.9 Å². The number of benzene rings is 3. The molecule has 0 aliphatic carbocycles. The molecular weight excluding hydrogens is 575 g/mol. The monoisotopic (exact) mass is 604 g/mol. The number of nitrogens with one attached hydrogen (secondary N) is 1. The summed E-state index contributed by atoms with van der Waals surface area (Å²) < 4.78 is 6.87. The zero-order chi connectivity index (χ0) is 25.2. The lowest BCUT2D eigenvalue weighted by molar-refractivity contribution is -0.142. The number of nitrogens with zero attached hydrogens (tertiary/aromatic N) is 1. The van der Waals surface area contributed by atoms with Crippen molar-refractivity contribution in [3.8, 4) is 5.75 Å². The second kappa shape index (κ2) is 13.5. The van der Waals surface area contributed by atoms with E-state index in [0.717, 1.165) is 14.7 Å². The molecule has 1 unspecified atom stereocenters. The zero-order valence-corrected chi connectivity index (χ0v) is 22.8. The van der Waals surface area contributed by atoms with Crippen LogP contribution in [0.3, 0.4) is 0 Å². The van der Waals surface area contributed by atoms with E-state index >= 15 is 0 Å². The standard InChI is InChI=1S/C28H30ClIN2O3/c1-20(2)17-31-28(34)26(16-21-7-4-3-5-8-21)32(18-22-9-6-10-23(29)15-22)27(33)19-35-25-13-11-24(30)12-14-25/h3-15,20,26H,16-19H2,1-2H3,(H,31,34). The summed E-state index contributed by atoms with van der Waals surface area (Å²) in [5.74, 6) is 0.430. The summed E-state index contributed by atoms with van der Waals surface area (Å²) in [5, 5.41) is 3.59. The molecule has 0 radical (unpaired) electrons. The summed E-state index contributed by atoms with van der Waals surface area (Å²) in [7, 11) is 0. The topological polar surface area (TPSA) is 58.6 Å². The van der Waals surface area contributed by atoms with Crippen molar-refractivity contribution in [2.75, 3.05) is 13.2 Å². The molecule has 5 nitrogen and oxygen atoms in total. The first-order chi connectivity index (χ1) is 16.8. The SMILES string of the molecule is CC(C)CNC(=O)C(Cc1ccccc1)N(Cc1cccc(Cl)c1)C(=O)COc1ccc(I)cc1. The highest BCUT2D eigenvalue weighted by Crippen LogP contribution is 2.19. The second-order valence-electron chi connectivity index (χ2n) is 8.74. The van der Waals surface area contributed by atoms with Crippen LogP contribution in [-0.4, -0.2) is 35.9 Å². The van der Waals surface area contributed by atoms with Gasteiger partial charge in [-0.25, -0.2) is 0 Å². The Bertz CT molecular complexity index is 1110. The van der Waals surface area contributed by atoms with E-state index in [4.69, 9.17) is 16.3 Å². The summed E-state index contributed by atoms with van der Waals surface area (Å²) >= 11 is 8.43. The van der Waals surface area contributed by atoms with Gasteiger partial charge in [0, 0.05) is 28.1 Å². The van der Waals surface area contributed by atoms with E-state index in [1.165, 1.54) is 0 Å². The summed E-state index contributed by atoms with van der Waals surface area (Å²) in [6, 6.07) is 23.8. The van der Waals surface area contributed by atoms with E-state index in [1.54, 1.807) is 11.0 Å². The Hall–Kier alpha value is -2.58. The molecule has 7 heteroatoms. The van der Waals surface area contributed by atoms with Crippen LogP contribution in [0.5, 0.6) is 5.75 Å². The minimum Gasteiger partial charge on any atom is -0.484 e. The molecule has 0 spiro atoms. The molecule has 0 heterocycles. The third kappa shape index (κ3) is 8.85. The maximum Gasteiger partial charge on any atom is 0.261 e. The van der Waals surface area contributed by atoms with Gasteiger partial charge < -0.3 is 15.0 Å². The number of rotatable bonds is 11. The van der Waals surface area contributed by atoms with Gasteiger partial charge in [-0.1, -0.05) is 67.9 Å². The number of halogens is 2. The molecule has 0 fully saturated rings. The number of ether oxygens (including phenoxy) is 1. The van der Waals surface area contributed by atoms with Crippen molar-refractivity contribution in [1.29, 1.82) is 0 Å². The maximum absolute atomic E-state index is 13.5. The summed E-state index contributed by atoms with van der Waals surface area (Å²) in [6.07, 6.45) is 0.389. The summed E-state index contributed by atoms with van der Waals surface area (Å²) in [4.78, 5) is 28.5. The molecule has 2 amide bonds. The van der Waals surface area contributed by atoms with Gasteiger partial charge in [-0.05, 0) is 76.0 Å². The first-order valence-electron chi connectivity index (χ1n) is 11.6. The molecule has 0 aliphatic heterocycles. The molecule has 1 N–H and O–H groups in total. The number of amides is 2. The summed E-state index contributed by atoms with van der Waals surface area (Å²) in [5.41, 5.74) is 1.81. The molecule has 1 atom stereocenters. The molecule has 0 saturated carbocycles. The smallest absolute Gasteiger partial charge is 0.261 e. The molecule has 3 aromatic rings. The van der Waals surface area contributed by atoms with Gasteiger partial charge in [0.05, 0.1) is 0 Å².